The summed E-state index contributed by atoms with van der Waals surface area (Å²) >= 11 is 0. The van der Waals surface area contributed by atoms with Crippen molar-refractivity contribution in [2.45, 2.75) is 25.4 Å². The van der Waals surface area contributed by atoms with Gasteiger partial charge in [0, 0.05) is 12.1 Å². The van der Waals surface area contributed by atoms with Crippen molar-refractivity contribution in [3.05, 3.63) is 71.3 Å². The van der Waals surface area contributed by atoms with Crippen molar-refractivity contribution in [2.75, 3.05) is 0 Å². The highest BCUT2D eigenvalue weighted by Gasteiger charge is 2.25. The molecular formula is C16H18N2. The van der Waals surface area contributed by atoms with Gasteiger partial charge in [0.1, 0.15) is 0 Å². The summed E-state index contributed by atoms with van der Waals surface area (Å²) in [5.41, 5.74) is 10.8. The van der Waals surface area contributed by atoms with E-state index >= 15 is 0 Å². The van der Waals surface area contributed by atoms with Crippen LogP contribution in [0.3, 0.4) is 0 Å². The number of hydrogen-bond acceptors (Lipinski definition) is 2. The Labute approximate surface area is 108 Å². The number of aryl methyl sites for hydroxylation is 1. The Kier molecular flexibility index (Phi) is 3.13. The number of benzene rings is 2. The predicted molar refractivity (Wildman–Crippen MR) is 74.0 cm³/mol. The molecule has 2 unspecified atom stereocenters. The van der Waals surface area contributed by atoms with Crippen LogP contribution in [0.4, 0.5) is 0 Å². The van der Waals surface area contributed by atoms with E-state index in [-0.39, 0.29) is 0 Å². The molecule has 0 bridgehead atoms. The topological polar surface area (TPSA) is 24.1 Å². The Hall–Kier alpha value is -1.64. The first-order valence-electron chi connectivity index (χ1n) is 6.45. The molecule has 2 aromatic rings. The monoisotopic (exact) mass is 238 g/mol. The van der Waals surface area contributed by atoms with Gasteiger partial charge in [-0.15, -0.1) is 0 Å². The molecule has 2 N–H and O–H groups in total. The van der Waals surface area contributed by atoms with Gasteiger partial charge in [0.2, 0.25) is 0 Å². The van der Waals surface area contributed by atoms with E-state index in [1.165, 1.54) is 16.7 Å². The van der Waals surface area contributed by atoms with Crippen molar-refractivity contribution in [3.63, 3.8) is 0 Å². The molecule has 0 saturated carbocycles. The van der Waals surface area contributed by atoms with Crippen LogP contribution in [0.1, 0.15) is 35.2 Å². The van der Waals surface area contributed by atoms with Crippen molar-refractivity contribution in [2.24, 2.45) is 0 Å². The first-order valence-corrected chi connectivity index (χ1v) is 6.45. The lowest BCUT2D eigenvalue weighted by atomic mass is 9.97. The molecule has 2 aromatic carbocycles. The zero-order chi connectivity index (χ0) is 12.4. The van der Waals surface area contributed by atoms with Crippen LogP contribution in [-0.2, 0) is 0 Å². The molecule has 0 radical (unpaired) electrons. The van der Waals surface area contributed by atoms with E-state index in [1.807, 2.05) is 0 Å². The van der Waals surface area contributed by atoms with E-state index < -0.39 is 0 Å². The van der Waals surface area contributed by atoms with Crippen molar-refractivity contribution < 1.29 is 0 Å². The number of rotatable bonds is 2. The van der Waals surface area contributed by atoms with Crippen LogP contribution in [0.2, 0.25) is 0 Å². The summed E-state index contributed by atoms with van der Waals surface area (Å²) < 4.78 is 0. The SMILES string of the molecule is Cc1ccc(C2CC(c3ccccc3)NN2)cc1. The summed E-state index contributed by atoms with van der Waals surface area (Å²) in [5.74, 6) is 0. The van der Waals surface area contributed by atoms with Crippen LogP contribution in [0.15, 0.2) is 54.6 Å². The second-order valence-electron chi connectivity index (χ2n) is 4.95. The van der Waals surface area contributed by atoms with Crippen molar-refractivity contribution >= 4 is 0 Å². The highest BCUT2D eigenvalue weighted by atomic mass is 15.4. The quantitative estimate of drug-likeness (QED) is 0.839. The van der Waals surface area contributed by atoms with E-state index in [0.717, 1.165) is 6.42 Å². The standard InChI is InChI=1S/C16H18N2/c1-12-7-9-14(10-8-12)16-11-15(17-18-16)13-5-3-2-4-6-13/h2-10,15-18H,11H2,1H3. The van der Waals surface area contributed by atoms with Crippen LogP contribution in [0.25, 0.3) is 0 Å². The molecule has 1 aliphatic rings. The lowest BCUT2D eigenvalue weighted by Gasteiger charge is -2.10. The number of hydrazine groups is 1. The maximum Gasteiger partial charge on any atom is 0.0481 e. The smallest absolute Gasteiger partial charge is 0.0481 e. The average molecular weight is 238 g/mol. The van der Waals surface area contributed by atoms with Crippen LogP contribution >= 0.6 is 0 Å². The molecule has 3 rings (SSSR count). The van der Waals surface area contributed by atoms with Gasteiger partial charge in [-0.2, -0.15) is 0 Å². The Morgan fingerprint density at radius 1 is 0.778 bits per heavy atom. The van der Waals surface area contributed by atoms with E-state index in [1.54, 1.807) is 0 Å². The number of hydrogen-bond donors (Lipinski definition) is 2. The Morgan fingerprint density at radius 2 is 1.33 bits per heavy atom. The minimum atomic E-state index is 0.399. The van der Waals surface area contributed by atoms with Gasteiger partial charge in [-0.25, -0.2) is 10.9 Å². The van der Waals surface area contributed by atoms with Crippen molar-refractivity contribution in [1.29, 1.82) is 0 Å². The normalized spacial score (nSPS) is 23.2. The fraction of sp³-hybridized carbons (Fsp3) is 0.250. The number of nitrogens with one attached hydrogen (secondary N) is 2. The lowest BCUT2D eigenvalue weighted by Crippen LogP contribution is -2.26. The third-order valence-electron chi connectivity index (χ3n) is 3.58. The fourth-order valence-electron chi connectivity index (χ4n) is 2.48. The highest BCUT2D eigenvalue weighted by molar-refractivity contribution is 5.27. The van der Waals surface area contributed by atoms with Gasteiger partial charge in [-0.1, -0.05) is 60.2 Å². The fourth-order valence-corrected chi connectivity index (χ4v) is 2.48. The van der Waals surface area contributed by atoms with E-state index in [2.05, 4.69) is 72.4 Å². The van der Waals surface area contributed by atoms with E-state index in [9.17, 15) is 0 Å². The summed E-state index contributed by atoms with van der Waals surface area (Å²) in [6.45, 7) is 2.12. The van der Waals surface area contributed by atoms with Crippen molar-refractivity contribution in [1.82, 2.24) is 10.9 Å². The Balaban J connectivity index is 1.74. The third kappa shape index (κ3) is 2.30. The van der Waals surface area contributed by atoms with Crippen molar-refractivity contribution in [3.8, 4) is 0 Å². The molecule has 1 fully saturated rings. The largest absolute Gasteiger partial charge is 0.250 e. The minimum absolute atomic E-state index is 0.399. The molecule has 1 saturated heterocycles. The molecule has 2 heteroatoms. The molecular weight excluding hydrogens is 220 g/mol. The summed E-state index contributed by atoms with van der Waals surface area (Å²) in [4.78, 5) is 0. The molecule has 1 aliphatic heterocycles. The highest BCUT2D eigenvalue weighted by Crippen LogP contribution is 2.30. The van der Waals surface area contributed by atoms with Crippen LogP contribution in [0.5, 0.6) is 0 Å². The average Bonchev–Trinajstić information content (AvgIpc) is 2.90. The summed E-state index contributed by atoms with van der Waals surface area (Å²) in [6, 6.07) is 20.2. The first-order chi connectivity index (χ1) is 8.83. The molecule has 0 aromatic heterocycles. The molecule has 18 heavy (non-hydrogen) atoms. The van der Waals surface area contributed by atoms with Gasteiger partial charge < -0.3 is 0 Å². The van der Waals surface area contributed by atoms with Crippen LogP contribution in [-0.4, -0.2) is 0 Å². The summed E-state index contributed by atoms with van der Waals surface area (Å²) in [5, 5.41) is 0. The predicted octanol–water partition coefficient (Wildman–Crippen LogP) is 3.28. The van der Waals surface area contributed by atoms with Gasteiger partial charge in [0.05, 0.1) is 0 Å². The van der Waals surface area contributed by atoms with E-state index in [4.69, 9.17) is 0 Å². The molecule has 0 amide bonds. The van der Waals surface area contributed by atoms with Gasteiger partial charge in [0.15, 0.2) is 0 Å². The second kappa shape index (κ2) is 4.92. The van der Waals surface area contributed by atoms with Gasteiger partial charge in [-0.05, 0) is 24.5 Å². The Morgan fingerprint density at radius 3 is 1.94 bits per heavy atom. The maximum atomic E-state index is 3.39. The zero-order valence-electron chi connectivity index (χ0n) is 10.6. The second-order valence-corrected chi connectivity index (χ2v) is 4.95. The molecule has 2 atom stereocenters. The summed E-state index contributed by atoms with van der Waals surface area (Å²) in [6.07, 6.45) is 1.09. The minimum Gasteiger partial charge on any atom is -0.250 e. The Bertz CT molecular complexity index is 504. The van der Waals surface area contributed by atoms with Gasteiger partial charge in [-0.3, -0.25) is 0 Å². The molecule has 2 nitrogen and oxygen atoms in total. The zero-order valence-corrected chi connectivity index (χ0v) is 10.6. The van der Waals surface area contributed by atoms with Crippen LogP contribution in [0, 0.1) is 6.92 Å². The van der Waals surface area contributed by atoms with Gasteiger partial charge >= 0.3 is 0 Å². The lowest BCUT2D eigenvalue weighted by molar-refractivity contribution is 0.555. The van der Waals surface area contributed by atoms with Gasteiger partial charge in [0.25, 0.3) is 0 Å². The maximum absolute atomic E-state index is 3.39. The molecule has 92 valence electrons. The van der Waals surface area contributed by atoms with Crippen LogP contribution < -0.4 is 10.9 Å². The van der Waals surface area contributed by atoms with E-state index in [0.29, 0.717) is 12.1 Å². The third-order valence-corrected chi connectivity index (χ3v) is 3.58. The molecule has 0 aliphatic carbocycles. The summed E-state index contributed by atoms with van der Waals surface area (Å²) in [7, 11) is 0. The molecule has 0 spiro atoms. The molecule has 1 heterocycles. The first kappa shape index (κ1) is 11.5.